The minimum absolute atomic E-state index is 0.308. The Balaban J connectivity index is 1.55. The summed E-state index contributed by atoms with van der Waals surface area (Å²) in [7, 11) is 1.62. The third kappa shape index (κ3) is 3.91. The lowest BCUT2D eigenvalue weighted by atomic mass is 9.85. The molecule has 0 radical (unpaired) electrons. The molecule has 0 bridgehead atoms. The summed E-state index contributed by atoms with van der Waals surface area (Å²) in [4.78, 5) is 4.25. The highest BCUT2D eigenvalue weighted by molar-refractivity contribution is 5.41. The van der Waals surface area contributed by atoms with Crippen LogP contribution in [0.3, 0.4) is 0 Å². The molecule has 0 aliphatic carbocycles. The number of hydrogen-bond donors (Lipinski definition) is 0. The van der Waals surface area contributed by atoms with E-state index in [-0.39, 0.29) is 5.82 Å². The fraction of sp³-hybridized carbons (Fsp3) is 0.348. The maximum Gasteiger partial charge on any atom is 0.133 e. The summed E-state index contributed by atoms with van der Waals surface area (Å²) in [5.74, 6) is 1.14. The van der Waals surface area contributed by atoms with Crippen molar-refractivity contribution >= 4 is 0 Å². The van der Waals surface area contributed by atoms with Crippen molar-refractivity contribution in [2.75, 3.05) is 20.3 Å². The lowest BCUT2D eigenvalue weighted by Crippen LogP contribution is -2.36. The first kappa shape index (κ1) is 19.6. The van der Waals surface area contributed by atoms with Crippen molar-refractivity contribution in [1.82, 2.24) is 9.55 Å². The maximum atomic E-state index is 14.8. The zero-order valence-electron chi connectivity index (χ0n) is 16.7. The molecule has 0 saturated carbocycles. The van der Waals surface area contributed by atoms with Crippen molar-refractivity contribution in [3.63, 3.8) is 0 Å². The highest BCUT2D eigenvalue weighted by Gasteiger charge is 2.39. The van der Waals surface area contributed by atoms with Crippen LogP contribution in [-0.4, -0.2) is 29.9 Å². The number of halogens is 1. The molecule has 5 nitrogen and oxygen atoms in total. The van der Waals surface area contributed by atoms with Crippen LogP contribution in [0.2, 0.25) is 0 Å². The van der Waals surface area contributed by atoms with Gasteiger partial charge >= 0.3 is 0 Å². The molecule has 2 aromatic carbocycles. The van der Waals surface area contributed by atoms with Gasteiger partial charge in [0.25, 0.3) is 0 Å². The number of benzene rings is 2. The molecule has 3 aromatic rings. The lowest BCUT2D eigenvalue weighted by molar-refractivity contribution is -0.0977. The van der Waals surface area contributed by atoms with Gasteiger partial charge in [-0.3, -0.25) is 0 Å². The Morgan fingerprint density at radius 1 is 1.14 bits per heavy atom. The molecule has 152 valence electrons. The van der Waals surface area contributed by atoms with Crippen molar-refractivity contribution < 1.29 is 18.6 Å². The van der Waals surface area contributed by atoms with Crippen LogP contribution in [0.15, 0.2) is 54.9 Å². The van der Waals surface area contributed by atoms with Gasteiger partial charge in [0.1, 0.15) is 29.6 Å². The van der Waals surface area contributed by atoms with Crippen LogP contribution in [0.5, 0.6) is 5.75 Å². The summed E-state index contributed by atoms with van der Waals surface area (Å²) in [6.45, 7) is 3.38. The molecule has 0 unspecified atom stereocenters. The highest BCUT2D eigenvalue weighted by atomic mass is 19.1. The standard InChI is InChI=1S/C23H25FN2O3/c1-17-25-12-13-26(17)19-8-6-18(7-9-19)16-29-21-5-3-4-20(24)22(21)23(27-2)10-14-28-15-11-23/h3-9,12-13H,10-11,14-16H2,1-2H3. The monoisotopic (exact) mass is 396 g/mol. The van der Waals surface area contributed by atoms with E-state index in [9.17, 15) is 4.39 Å². The van der Waals surface area contributed by atoms with E-state index in [0.717, 1.165) is 17.1 Å². The van der Waals surface area contributed by atoms with Gasteiger partial charge in [-0.15, -0.1) is 0 Å². The first-order valence-corrected chi connectivity index (χ1v) is 9.77. The molecule has 1 fully saturated rings. The molecule has 1 aliphatic rings. The van der Waals surface area contributed by atoms with Gasteiger partial charge in [0.2, 0.25) is 0 Å². The molecule has 1 aliphatic heterocycles. The van der Waals surface area contributed by atoms with Gasteiger partial charge < -0.3 is 18.8 Å². The van der Waals surface area contributed by atoms with Crippen molar-refractivity contribution in [3.8, 4) is 11.4 Å². The molecular formula is C23H25FN2O3. The van der Waals surface area contributed by atoms with Crippen LogP contribution < -0.4 is 4.74 Å². The Labute approximate surface area is 170 Å². The number of aryl methyl sites for hydroxylation is 1. The number of methoxy groups -OCH3 is 1. The van der Waals surface area contributed by atoms with E-state index in [1.807, 2.05) is 42.0 Å². The van der Waals surface area contributed by atoms with Gasteiger partial charge in [0, 0.05) is 51.2 Å². The summed E-state index contributed by atoms with van der Waals surface area (Å²) in [5, 5.41) is 0. The van der Waals surface area contributed by atoms with Gasteiger partial charge in [-0.1, -0.05) is 18.2 Å². The van der Waals surface area contributed by atoms with Gasteiger partial charge in [-0.2, -0.15) is 0 Å². The topological polar surface area (TPSA) is 45.5 Å². The molecule has 1 aromatic heterocycles. The fourth-order valence-electron chi connectivity index (χ4n) is 3.89. The van der Waals surface area contributed by atoms with E-state index in [1.54, 1.807) is 25.4 Å². The van der Waals surface area contributed by atoms with Crippen LogP contribution in [0.1, 0.15) is 29.8 Å². The molecule has 2 heterocycles. The number of aromatic nitrogens is 2. The van der Waals surface area contributed by atoms with Crippen LogP contribution in [0, 0.1) is 12.7 Å². The summed E-state index contributed by atoms with van der Waals surface area (Å²) in [6, 6.07) is 13.0. The Morgan fingerprint density at radius 3 is 2.55 bits per heavy atom. The summed E-state index contributed by atoms with van der Waals surface area (Å²) >= 11 is 0. The first-order chi connectivity index (χ1) is 14.1. The summed E-state index contributed by atoms with van der Waals surface area (Å²) < 4.78 is 34.2. The molecule has 0 N–H and O–H groups in total. The summed E-state index contributed by atoms with van der Waals surface area (Å²) in [6.07, 6.45) is 4.90. The second-order valence-electron chi connectivity index (χ2n) is 7.22. The minimum Gasteiger partial charge on any atom is -0.488 e. The SMILES string of the molecule is COC1(c2c(F)cccc2OCc2ccc(-n3ccnc3C)cc2)CCOCC1. The van der Waals surface area contributed by atoms with Crippen molar-refractivity contribution in [1.29, 1.82) is 0 Å². The van der Waals surface area contributed by atoms with Crippen LogP contribution in [-0.2, 0) is 21.7 Å². The third-order valence-corrected chi connectivity index (χ3v) is 5.56. The molecule has 0 spiro atoms. The molecule has 29 heavy (non-hydrogen) atoms. The highest BCUT2D eigenvalue weighted by Crippen LogP contribution is 2.42. The number of hydrogen-bond acceptors (Lipinski definition) is 4. The predicted molar refractivity (Wildman–Crippen MR) is 108 cm³/mol. The quantitative estimate of drug-likeness (QED) is 0.613. The predicted octanol–water partition coefficient (Wildman–Crippen LogP) is 4.55. The minimum atomic E-state index is -0.721. The Kier molecular flexibility index (Phi) is 5.65. The Bertz CT molecular complexity index is 963. The zero-order chi connectivity index (χ0) is 20.3. The largest absolute Gasteiger partial charge is 0.488 e. The van der Waals surface area contributed by atoms with Gasteiger partial charge in [0.15, 0.2) is 0 Å². The second kappa shape index (κ2) is 8.35. The lowest BCUT2D eigenvalue weighted by Gasteiger charge is -2.37. The number of imidazole rings is 1. The Hall–Kier alpha value is -2.70. The first-order valence-electron chi connectivity index (χ1n) is 9.77. The van der Waals surface area contributed by atoms with E-state index in [2.05, 4.69) is 4.98 Å². The van der Waals surface area contributed by atoms with Gasteiger partial charge in [-0.05, 0) is 36.8 Å². The van der Waals surface area contributed by atoms with E-state index in [0.29, 0.717) is 44.0 Å². The summed E-state index contributed by atoms with van der Waals surface area (Å²) in [5.41, 5.74) is 1.80. The second-order valence-corrected chi connectivity index (χ2v) is 7.22. The van der Waals surface area contributed by atoms with E-state index in [1.165, 1.54) is 6.07 Å². The molecule has 0 amide bonds. The molecule has 4 rings (SSSR count). The van der Waals surface area contributed by atoms with Crippen LogP contribution in [0.25, 0.3) is 5.69 Å². The normalized spacial score (nSPS) is 16.0. The molecule has 1 saturated heterocycles. The molecule has 6 heteroatoms. The fourth-order valence-corrected chi connectivity index (χ4v) is 3.89. The van der Waals surface area contributed by atoms with Gasteiger partial charge in [-0.25, -0.2) is 9.37 Å². The zero-order valence-corrected chi connectivity index (χ0v) is 16.7. The van der Waals surface area contributed by atoms with Crippen molar-refractivity contribution in [3.05, 3.63) is 77.6 Å². The van der Waals surface area contributed by atoms with E-state index >= 15 is 0 Å². The number of rotatable bonds is 6. The third-order valence-electron chi connectivity index (χ3n) is 5.56. The van der Waals surface area contributed by atoms with E-state index < -0.39 is 5.60 Å². The van der Waals surface area contributed by atoms with Crippen LogP contribution >= 0.6 is 0 Å². The molecular weight excluding hydrogens is 371 g/mol. The van der Waals surface area contributed by atoms with Crippen molar-refractivity contribution in [2.45, 2.75) is 32.0 Å². The van der Waals surface area contributed by atoms with Crippen LogP contribution in [0.4, 0.5) is 4.39 Å². The number of nitrogens with zero attached hydrogens (tertiary/aromatic N) is 2. The smallest absolute Gasteiger partial charge is 0.133 e. The van der Waals surface area contributed by atoms with E-state index in [4.69, 9.17) is 14.2 Å². The van der Waals surface area contributed by atoms with Crippen molar-refractivity contribution in [2.24, 2.45) is 0 Å². The molecule has 0 atom stereocenters. The average molecular weight is 396 g/mol. The number of ether oxygens (including phenoxy) is 3. The Morgan fingerprint density at radius 2 is 1.90 bits per heavy atom. The van der Waals surface area contributed by atoms with Gasteiger partial charge in [0.05, 0.1) is 5.56 Å². The maximum absolute atomic E-state index is 14.8. The average Bonchev–Trinajstić information content (AvgIpc) is 3.19.